The van der Waals surface area contributed by atoms with Crippen LogP contribution in [0.15, 0.2) is 54.6 Å². The van der Waals surface area contributed by atoms with Crippen molar-refractivity contribution in [3.8, 4) is 0 Å². The maximum Gasteiger partial charge on any atom is 0.238 e. The average Bonchev–Trinajstić information content (AvgIpc) is 2.56. The van der Waals surface area contributed by atoms with E-state index in [0.29, 0.717) is 17.8 Å². The fourth-order valence-corrected chi connectivity index (χ4v) is 2.56. The van der Waals surface area contributed by atoms with E-state index in [0.717, 1.165) is 5.56 Å². The molecule has 2 aromatic rings. The molecule has 0 spiro atoms. The van der Waals surface area contributed by atoms with Crippen LogP contribution in [0.2, 0.25) is 0 Å². The molecular weight excluding hydrogens is 314 g/mol. The molecule has 0 aliphatic carbocycles. The van der Waals surface area contributed by atoms with Crippen molar-refractivity contribution < 1.29 is 9.59 Å². The van der Waals surface area contributed by atoms with Gasteiger partial charge in [-0.05, 0) is 37.7 Å². The van der Waals surface area contributed by atoms with E-state index >= 15 is 0 Å². The Morgan fingerprint density at radius 3 is 1.96 bits per heavy atom. The molecule has 0 saturated heterocycles. The number of nitrogens with one attached hydrogen (secondary N) is 2. The van der Waals surface area contributed by atoms with Gasteiger partial charge in [0, 0.05) is 6.42 Å². The Hall–Kier alpha value is -2.66. The van der Waals surface area contributed by atoms with E-state index in [-0.39, 0.29) is 24.3 Å². The molecule has 5 heteroatoms. The Bertz CT molecular complexity index is 714. The van der Waals surface area contributed by atoms with Crippen LogP contribution >= 0.6 is 0 Å². The van der Waals surface area contributed by atoms with Crippen molar-refractivity contribution in [2.45, 2.75) is 19.3 Å². The van der Waals surface area contributed by atoms with Crippen LogP contribution in [0.4, 0.5) is 11.4 Å². The fraction of sp³-hybridized carbons (Fsp3) is 0.300. The highest BCUT2D eigenvalue weighted by Crippen LogP contribution is 2.23. The molecule has 2 N–H and O–H groups in total. The second kappa shape index (κ2) is 8.99. The van der Waals surface area contributed by atoms with Crippen LogP contribution in [-0.2, 0) is 9.59 Å². The molecule has 0 radical (unpaired) electrons. The van der Waals surface area contributed by atoms with Crippen molar-refractivity contribution in [2.24, 2.45) is 0 Å². The summed E-state index contributed by atoms with van der Waals surface area (Å²) in [6, 6.07) is 17.2. The summed E-state index contributed by atoms with van der Waals surface area (Å²) in [7, 11) is 3.66. The predicted octanol–water partition coefficient (Wildman–Crippen LogP) is 3.32. The third-order valence-electron chi connectivity index (χ3n) is 3.80. The number of para-hydroxylation sites is 2. The summed E-state index contributed by atoms with van der Waals surface area (Å²) in [4.78, 5) is 26.1. The van der Waals surface area contributed by atoms with Gasteiger partial charge in [-0.3, -0.25) is 9.59 Å². The minimum Gasteiger partial charge on any atom is -0.324 e. The molecular formula is C20H25N3O2. The minimum atomic E-state index is -0.121. The van der Waals surface area contributed by atoms with Gasteiger partial charge in [-0.25, -0.2) is 0 Å². The summed E-state index contributed by atoms with van der Waals surface area (Å²) in [6.07, 6.45) is 0.379. The third-order valence-corrected chi connectivity index (χ3v) is 3.80. The van der Waals surface area contributed by atoms with Crippen LogP contribution in [0.25, 0.3) is 0 Å². The number of carbonyl (C=O) groups is 2. The van der Waals surface area contributed by atoms with Crippen molar-refractivity contribution in [3.05, 3.63) is 60.2 Å². The summed E-state index contributed by atoms with van der Waals surface area (Å²) in [6.45, 7) is 2.31. The number of hydrogen-bond donors (Lipinski definition) is 2. The molecule has 0 saturated carbocycles. The topological polar surface area (TPSA) is 61.4 Å². The van der Waals surface area contributed by atoms with E-state index in [1.54, 1.807) is 17.0 Å². The SMILES string of the molecule is CC(CC(=O)Nc1ccccc1NC(=O)CN(C)C)c1ccccc1. The Balaban J connectivity index is 2.00. The monoisotopic (exact) mass is 339 g/mol. The van der Waals surface area contributed by atoms with E-state index in [9.17, 15) is 9.59 Å². The van der Waals surface area contributed by atoms with Gasteiger partial charge >= 0.3 is 0 Å². The molecule has 5 nitrogen and oxygen atoms in total. The molecule has 0 aliphatic heterocycles. The molecule has 2 amide bonds. The van der Waals surface area contributed by atoms with Gasteiger partial charge in [0.15, 0.2) is 0 Å². The minimum absolute atomic E-state index is 0.0781. The van der Waals surface area contributed by atoms with Crippen molar-refractivity contribution in [3.63, 3.8) is 0 Å². The maximum atomic E-state index is 12.4. The summed E-state index contributed by atoms with van der Waals surface area (Å²) in [5, 5.41) is 5.74. The molecule has 0 fully saturated rings. The standard InChI is InChI=1S/C20H25N3O2/c1-15(16-9-5-4-6-10-16)13-19(24)21-17-11-7-8-12-18(17)22-20(25)14-23(2)3/h4-12,15H,13-14H2,1-3H3,(H,21,24)(H,22,25). The van der Waals surface area contributed by atoms with E-state index in [2.05, 4.69) is 10.6 Å². The number of anilines is 2. The number of likely N-dealkylation sites (N-methyl/N-ethyl adjacent to an activating group) is 1. The Labute approximate surface area is 149 Å². The Morgan fingerprint density at radius 1 is 0.880 bits per heavy atom. The first-order chi connectivity index (χ1) is 12.0. The van der Waals surface area contributed by atoms with Crippen LogP contribution in [0.3, 0.4) is 0 Å². The summed E-state index contributed by atoms with van der Waals surface area (Å²) in [5.74, 6) is -0.0771. The molecule has 1 atom stereocenters. The molecule has 2 rings (SSSR count). The predicted molar refractivity (Wildman–Crippen MR) is 102 cm³/mol. The largest absolute Gasteiger partial charge is 0.324 e. The normalized spacial score (nSPS) is 11.8. The molecule has 132 valence electrons. The van der Waals surface area contributed by atoms with E-state index in [1.165, 1.54) is 0 Å². The van der Waals surface area contributed by atoms with E-state index in [4.69, 9.17) is 0 Å². The quantitative estimate of drug-likeness (QED) is 0.813. The van der Waals surface area contributed by atoms with Crippen LogP contribution in [0.1, 0.15) is 24.8 Å². The fourth-order valence-electron chi connectivity index (χ4n) is 2.56. The Morgan fingerprint density at radius 2 is 1.40 bits per heavy atom. The first-order valence-corrected chi connectivity index (χ1v) is 8.34. The Kier molecular flexibility index (Phi) is 6.71. The lowest BCUT2D eigenvalue weighted by Gasteiger charge is -2.15. The molecule has 0 bridgehead atoms. The van der Waals surface area contributed by atoms with Gasteiger partial charge in [-0.2, -0.15) is 0 Å². The summed E-state index contributed by atoms with van der Waals surface area (Å²) >= 11 is 0. The lowest BCUT2D eigenvalue weighted by atomic mass is 9.97. The van der Waals surface area contributed by atoms with Crippen molar-refractivity contribution in [1.29, 1.82) is 0 Å². The first kappa shape index (κ1) is 18.7. The summed E-state index contributed by atoms with van der Waals surface area (Å²) < 4.78 is 0. The van der Waals surface area contributed by atoms with Crippen molar-refractivity contribution >= 4 is 23.2 Å². The zero-order chi connectivity index (χ0) is 18.2. The van der Waals surface area contributed by atoms with Gasteiger partial charge in [0.1, 0.15) is 0 Å². The van der Waals surface area contributed by atoms with E-state index < -0.39 is 0 Å². The number of nitrogens with zero attached hydrogens (tertiary/aromatic N) is 1. The highest BCUT2D eigenvalue weighted by Gasteiger charge is 2.13. The lowest BCUT2D eigenvalue weighted by molar-refractivity contribution is -0.117. The van der Waals surface area contributed by atoms with E-state index in [1.807, 2.05) is 63.5 Å². The highest BCUT2D eigenvalue weighted by atomic mass is 16.2. The third kappa shape index (κ3) is 6.04. The molecule has 2 aromatic carbocycles. The number of carbonyl (C=O) groups excluding carboxylic acids is 2. The van der Waals surface area contributed by atoms with Gasteiger partial charge < -0.3 is 15.5 Å². The molecule has 25 heavy (non-hydrogen) atoms. The van der Waals surface area contributed by atoms with Crippen molar-refractivity contribution in [1.82, 2.24) is 4.90 Å². The highest BCUT2D eigenvalue weighted by molar-refractivity contribution is 6.00. The number of hydrogen-bond acceptors (Lipinski definition) is 3. The zero-order valence-corrected chi connectivity index (χ0v) is 15.0. The second-order valence-corrected chi connectivity index (χ2v) is 6.40. The zero-order valence-electron chi connectivity index (χ0n) is 15.0. The van der Waals surface area contributed by atoms with Crippen molar-refractivity contribution in [2.75, 3.05) is 31.3 Å². The lowest BCUT2D eigenvalue weighted by Crippen LogP contribution is -2.27. The van der Waals surface area contributed by atoms with Gasteiger partial charge in [-0.15, -0.1) is 0 Å². The number of benzene rings is 2. The summed E-state index contributed by atoms with van der Waals surface area (Å²) in [5.41, 5.74) is 2.35. The molecule has 0 aliphatic rings. The van der Waals surface area contributed by atoms with Crippen LogP contribution in [-0.4, -0.2) is 37.4 Å². The average molecular weight is 339 g/mol. The molecule has 0 aromatic heterocycles. The smallest absolute Gasteiger partial charge is 0.238 e. The number of amides is 2. The van der Waals surface area contributed by atoms with Crippen LogP contribution < -0.4 is 10.6 Å². The number of rotatable bonds is 7. The maximum absolute atomic E-state index is 12.4. The van der Waals surface area contributed by atoms with Crippen LogP contribution in [0.5, 0.6) is 0 Å². The van der Waals surface area contributed by atoms with Gasteiger partial charge in [0.05, 0.1) is 17.9 Å². The second-order valence-electron chi connectivity index (χ2n) is 6.40. The first-order valence-electron chi connectivity index (χ1n) is 8.34. The van der Waals surface area contributed by atoms with Crippen LogP contribution in [0, 0.1) is 0 Å². The molecule has 1 unspecified atom stereocenters. The molecule has 0 heterocycles. The van der Waals surface area contributed by atoms with Gasteiger partial charge in [0.2, 0.25) is 11.8 Å². The van der Waals surface area contributed by atoms with Gasteiger partial charge in [0.25, 0.3) is 0 Å². The van der Waals surface area contributed by atoms with Gasteiger partial charge in [-0.1, -0.05) is 49.4 Å².